The van der Waals surface area contributed by atoms with Crippen molar-refractivity contribution in [3.63, 3.8) is 0 Å². The van der Waals surface area contributed by atoms with Gasteiger partial charge in [0.15, 0.2) is 0 Å². The van der Waals surface area contributed by atoms with Crippen LogP contribution in [0.4, 0.5) is 0 Å². The zero-order chi connectivity index (χ0) is 17.5. The monoisotopic (exact) mass is 320 g/mol. The van der Waals surface area contributed by atoms with E-state index in [1.54, 1.807) is 0 Å². The first kappa shape index (κ1) is 19.8. The van der Waals surface area contributed by atoms with Crippen LogP contribution in [0.3, 0.4) is 0 Å². The van der Waals surface area contributed by atoms with E-state index in [0.29, 0.717) is 0 Å². The summed E-state index contributed by atoms with van der Waals surface area (Å²) in [6, 6.07) is -2.72. The number of carboxylic acid groups (broad SMARTS) is 3. The second-order valence-corrected chi connectivity index (χ2v) is 4.97. The molecule has 10 heteroatoms. The highest BCUT2D eigenvalue weighted by atomic mass is 16.4. The van der Waals surface area contributed by atoms with E-state index < -0.39 is 54.5 Å². The Morgan fingerprint density at radius 1 is 1.09 bits per heavy atom. The van der Waals surface area contributed by atoms with Crippen molar-refractivity contribution in [3.05, 3.63) is 0 Å². The standard InChI is InChI=1S/C12H20N2O8/c1-6(15)13-8(5-10(18)19)12(2,22)14-7(11(20)21)3-4-9(16)17/h7-8,14,22H,3-5H2,1-2H3,(H,13,15)(H,16,17)(H,18,19)(H,20,21). The number of carboxylic acids is 3. The van der Waals surface area contributed by atoms with Crippen molar-refractivity contribution in [1.29, 1.82) is 0 Å². The highest BCUT2D eigenvalue weighted by Gasteiger charge is 2.37. The van der Waals surface area contributed by atoms with Gasteiger partial charge in [-0.05, 0) is 13.3 Å². The molecule has 0 aromatic heterocycles. The van der Waals surface area contributed by atoms with Gasteiger partial charge in [-0.15, -0.1) is 0 Å². The lowest BCUT2D eigenvalue weighted by Gasteiger charge is -2.35. The van der Waals surface area contributed by atoms with Gasteiger partial charge in [-0.25, -0.2) is 0 Å². The van der Waals surface area contributed by atoms with Crippen molar-refractivity contribution >= 4 is 23.8 Å². The topological polar surface area (TPSA) is 173 Å². The summed E-state index contributed by atoms with van der Waals surface area (Å²) in [7, 11) is 0. The number of carbonyl (C=O) groups is 4. The molecule has 0 saturated heterocycles. The van der Waals surface area contributed by atoms with Gasteiger partial charge in [0.25, 0.3) is 0 Å². The molecule has 0 aliphatic heterocycles. The van der Waals surface area contributed by atoms with Crippen LogP contribution in [-0.4, -0.2) is 62.0 Å². The molecule has 0 fully saturated rings. The van der Waals surface area contributed by atoms with Crippen LogP contribution in [0.1, 0.15) is 33.1 Å². The minimum atomic E-state index is -2.06. The van der Waals surface area contributed by atoms with Crippen LogP contribution >= 0.6 is 0 Å². The number of amides is 1. The van der Waals surface area contributed by atoms with Gasteiger partial charge < -0.3 is 25.7 Å². The molecule has 3 unspecified atom stereocenters. The lowest BCUT2D eigenvalue weighted by Crippen LogP contribution is -2.63. The quantitative estimate of drug-likeness (QED) is 0.264. The summed E-state index contributed by atoms with van der Waals surface area (Å²) in [5, 5.41) is 41.1. The maximum atomic E-state index is 11.1. The van der Waals surface area contributed by atoms with Crippen LogP contribution in [0.15, 0.2) is 0 Å². The number of carbonyl (C=O) groups excluding carboxylic acids is 1. The fourth-order valence-corrected chi connectivity index (χ4v) is 1.79. The maximum absolute atomic E-state index is 11.1. The third-order valence-electron chi connectivity index (χ3n) is 2.85. The van der Waals surface area contributed by atoms with Crippen molar-refractivity contribution in [2.24, 2.45) is 0 Å². The average molecular weight is 320 g/mol. The van der Waals surface area contributed by atoms with E-state index in [-0.39, 0.29) is 6.42 Å². The molecule has 0 radical (unpaired) electrons. The van der Waals surface area contributed by atoms with Gasteiger partial charge in [0.1, 0.15) is 11.8 Å². The lowest BCUT2D eigenvalue weighted by molar-refractivity contribution is -0.145. The number of aliphatic hydroxyl groups is 1. The normalized spacial score (nSPS) is 16.1. The molecule has 22 heavy (non-hydrogen) atoms. The first-order chi connectivity index (χ1) is 9.95. The molecule has 0 aromatic carbocycles. The van der Waals surface area contributed by atoms with Gasteiger partial charge >= 0.3 is 17.9 Å². The summed E-state index contributed by atoms with van der Waals surface area (Å²) in [6.07, 6.45) is -1.42. The molecule has 0 bridgehead atoms. The molecule has 3 atom stereocenters. The summed E-state index contributed by atoms with van der Waals surface area (Å²) in [5.74, 6) is -4.53. The van der Waals surface area contributed by atoms with Crippen molar-refractivity contribution in [1.82, 2.24) is 10.6 Å². The van der Waals surface area contributed by atoms with Crippen molar-refractivity contribution < 1.29 is 39.6 Å². The summed E-state index contributed by atoms with van der Waals surface area (Å²) >= 11 is 0. The summed E-state index contributed by atoms with van der Waals surface area (Å²) in [6.45, 7) is 2.22. The molecule has 0 aliphatic carbocycles. The first-order valence-corrected chi connectivity index (χ1v) is 6.39. The van der Waals surface area contributed by atoms with E-state index in [1.165, 1.54) is 0 Å². The number of hydrogen-bond acceptors (Lipinski definition) is 6. The molecule has 0 aliphatic rings. The molecule has 0 aromatic rings. The molecular weight excluding hydrogens is 300 g/mol. The van der Waals surface area contributed by atoms with Gasteiger partial charge in [0.2, 0.25) is 5.91 Å². The van der Waals surface area contributed by atoms with Crippen molar-refractivity contribution in [3.8, 4) is 0 Å². The lowest BCUT2D eigenvalue weighted by atomic mass is 9.99. The summed E-state index contributed by atoms with van der Waals surface area (Å²) in [5.41, 5.74) is -2.06. The fourth-order valence-electron chi connectivity index (χ4n) is 1.79. The molecule has 0 spiro atoms. The second-order valence-electron chi connectivity index (χ2n) is 4.97. The Kier molecular flexibility index (Phi) is 7.46. The fraction of sp³-hybridized carbons (Fsp3) is 0.667. The van der Waals surface area contributed by atoms with Crippen molar-refractivity contribution in [2.75, 3.05) is 0 Å². The second kappa shape index (κ2) is 8.29. The Labute approximate surface area is 126 Å². The van der Waals surface area contributed by atoms with E-state index in [0.717, 1.165) is 13.8 Å². The first-order valence-electron chi connectivity index (χ1n) is 6.39. The molecule has 1 amide bonds. The largest absolute Gasteiger partial charge is 0.481 e. The molecular formula is C12H20N2O8. The SMILES string of the molecule is CC(=O)NC(CC(=O)O)C(C)(O)NC(CCC(=O)O)C(=O)O. The van der Waals surface area contributed by atoms with Crippen LogP contribution in [0.25, 0.3) is 0 Å². The number of rotatable bonds is 10. The van der Waals surface area contributed by atoms with Crippen LogP contribution in [0.5, 0.6) is 0 Å². The van der Waals surface area contributed by atoms with Crippen molar-refractivity contribution in [2.45, 2.75) is 50.9 Å². The van der Waals surface area contributed by atoms with Gasteiger partial charge in [-0.2, -0.15) is 0 Å². The molecule has 10 nitrogen and oxygen atoms in total. The highest BCUT2D eigenvalue weighted by molar-refractivity contribution is 5.76. The van der Waals surface area contributed by atoms with E-state index in [2.05, 4.69) is 10.6 Å². The van der Waals surface area contributed by atoms with E-state index in [1.807, 2.05) is 0 Å². The summed E-state index contributed by atoms with van der Waals surface area (Å²) in [4.78, 5) is 43.5. The molecule has 0 saturated carbocycles. The summed E-state index contributed by atoms with van der Waals surface area (Å²) < 4.78 is 0. The number of aliphatic carboxylic acids is 3. The van der Waals surface area contributed by atoms with Gasteiger partial charge in [-0.1, -0.05) is 0 Å². The van der Waals surface area contributed by atoms with Gasteiger partial charge in [-0.3, -0.25) is 24.5 Å². The van der Waals surface area contributed by atoms with E-state index >= 15 is 0 Å². The van der Waals surface area contributed by atoms with Crippen LogP contribution in [-0.2, 0) is 19.2 Å². The van der Waals surface area contributed by atoms with E-state index in [9.17, 15) is 24.3 Å². The van der Waals surface area contributed by atoms with Crippen LogP contribution in [0, 0.1) is 0 Å². The minimum absolute atomic E-state index is 0.319. The highest BCUT2D eigenvalue weighted by Crippen LogP contribution is 2.13. The molecule has 0 heterocycles. The molecule has 6 N–H and O–H groups in total. The molecule has 0 rings (SSSR count). The van der Waals surface area contributed by atoms with E-state index in [4.69, 9.17) is 15.3 Å². The number of hydrogen-bond donors (Lipinski definition) is 6. The Bertz CT molecular complexity index is 432. The van der Waals surface area contributed by atoms with Crippen LogP contribution in [0.2, 0.25) is 0 Å². The predicted octanol–water partition coefficient (Wildman–Crippen LogP) is -1.42. The predicted molar refractivity (Wildman–Crippen MR) is 71.9 cm³/mol. The number of nitrogens with one attached hydrogen (secondary N) is 2. The minimum Gasteiger partial charge on any atom is -0.481 e. The Hall–Kier alpha value is -2.20. The smallest absolute Gasteiger partial charge is 0.320 e. The Morgan fingerprint density at radius 3 is 2.00 bits per heavy atom. The van der Waals surface area contributed by atoms with Gasteiger partial charge in [0, 0.05) is 13.3 Å². The maximum Gasteiger partial charge on any atom is 0.320 e. The van der Waals surface area contributed by atoms with Gasteiger partial charge in [0.05, 0.1) is 12.5 Å². The Balaban J connectivity index is 5.08. The zero-order valence-corrected chi connectivity index (χ0v) is 12.2. The Morgan fingerprint density at radius 2 is 1.64 bits per heavy atom. The third-order valence-corrected chi connectivity index (χ3v) is 2.85. The third kappa shape index (κ3) is 7.55. The zero-order valence-electron chi connectivity index (χ0n) is 12.2. The molecule has 126 valence electrons. The van der Waals surface area contributed by atoms with Crippen LogP contribution < -0.4 is 10.6 Å². The average Bonchev–Trinajstić information content (AvgIpc) is 2.31.